The highest BCUT2D eigenvalue weighted by atomic mass is 35.5. The largest absolute Gasteiger partial charge is 0.384 e. The molecule has 2 rings (SSSR count). The molecule has 1 aromatic carbocycles. The van der Waals surface area contributed by atoms with E-state index in [9.17, 15) is 9.90 Å². The summed E-state index contributed by atoms with van der Waals surface area (Å²) in [6.07, 6.45) is 1.82. The Bertz CT molecular complexity index is 677. The van der Waals surface area contributed by atoms with Crippen molar-refractivity contribution in [1.82, 2.24) is 10.3 Å². The average Bonchev–Trinajstić information content (AvgIpc) is 2.56. The lowest BCUT2D eigenvalue weighted by Gasteiger charge is -2.26. The van der Waals surface area contributed by atoms with E-state index in [1.807, 2.05) is 37.3 Å². The van der Waals surface area contributed by atoms with E-state index in [2.05, 4.69) is 15.6 Å². The molecule has 0 saturated heterocycles. The highest BCUT2D eigenvalue weighted by Crippen LogP contribution is 2.20. The smallest absolute Gasteiger partial charge is 0.226 e. The fourth-order valence-electron chi connectivity index (χ4n) is 2.30. The molecule has 128 valence electrons. The van der Waals surface area contributed by atoms with Crippen LogP contribution in [0, 0.1) is 0 Å². The molecule has 2 atom stereocenters. The fraction of sp³-hybridized carbons (Fsp3) is 0.333. The number of hydrogen-bond acceptors (Lipinski definition) is 4. The van der Waals surface area contributed by atoms with E-state index in [4.69, 9.17) is 11.6 Å². The second-order valence-corrected chi connectivity index (χ2v) is 6.37. The maximum atomic E-state index is 12.1. The van der Waals surface area contributed by atoms with Gasteiger partial charge in [-0.25, -0.2) is 4.98 Å². The predicted octanol–water partition coefficient (Wildman–Crippen LogP) is 2.95. The van der Waals surface area contributed by atoms with E-state index in [0.717, 1.165) is 5.56 Å². The number of amides is 1. The minimum absolute atomic E-state index is 0.101. The molecule has 2 unspecified atom stereocenters. The van der Waals surface area contributed by atoms with Gasteiger partial charge in [0, 0.05) is 25.2 Å². The van der Waals surface area contributed by atoms with E-state index in [1.54, 1.807) is 25.3 Å². The second-order valence-electron chi connectivity index (χ2n) is 6.02. The van der Waals surface area contributed by atoms with Crippen LogP contribution in [-0.4, -0.2) is 28.6 Å². The number of nitrogens with one attached hydrogen (secondary N) is 2. The van der Waals surface area contributed by atoms with E-state index in [-0.39, 0.29) is 23.5 Å². The van der Waals surface area contributed by atoms with Crippen molar-refractivity contribution in [2.75, 3.05) is 11.9 Å². The molecule has 0 radical (unpaired) electrons. The van der Waals surface area contributed by atoms with Crippen LogP contribution in [0.15, 0.2) is 48.7 Å². The van der Waals surface area contributed by atoms with Gasteiger partial charge in [0.1, 0.15) is 0 Å². The van der Waals surface area contributed by atoms with E-state index in [0.29, 0.717) is 12.2 Å². The number of carbonyl (C=O) groups excluding carboxylic acids is 1. The molecule has 0 fully saturated rings. The van der Waals surface area contributed by atoms with Gasteiger partial charge >= 0.3 is 0 Å². The van der Waals surface area contributed by atoms with Crippen LogP contribution in [0.5, 0.6) is 0 Å². The van der Waals surface area contributed by atoms with Gasteiger partial charge in [-0.3, -0.25) is 4.79 Å². The lowest BCUT2D eigenvalue weighted by atomic mass is 9.96. The van der Waals surface area contributed by atoms with Crippen molar-refractivity contribution >= 4 is 23.2 Å². The Hall–Kier alpha value is -1.95. The van der Waals surface area contributed by atoms with Crippen molar-refractivity contribution in [3.05, 3.63) is 59.4 Å². The Kier molecular flexibility index (Phi) is 6.31. The highest BCUT2D eigenvalue weighted by Gasteiger charge is 2.23. The predicted molar refractivity (Wildman–Crippen MR) is 96.0 cm³/mol. The van der Waals surface area contributed by atoms with Crippen molar-refractivity contribution in [2.45, 2.75) is 31.9 Å². The highest BCUT2D eigenvalue weighted by molar-refractivity contribution is 6.32. The van der Waals surface area contributed by atoms with Crippen molar-refractivity contribution in [3.63, 3.8) is 0 Å². The first-order valence-corrected chi connectivity index (χ1v) is 8.18. The number of pyridine rings is 1. The van der Waals surface area contributed by atoms with Gasteiger partial charge in [0.25, 0.3) is 0 Å². The van der Waals surface area contributed by atoms with Gasteiger partial charge in [0.2, 0.25) is 5.91 Å². The van der Waals surface area contributed by atoms with Gasteiger partial charge in [-0.15, -0.1) is 0 Å². The average molecular weight is 348 g/mol. The Morgan fingerprint density at radius 3 is 2.67 bits per heavy atom. The summed E-state index contributed by atoms with van der Waals surface area (Å²) in [6, 6.07) is 12.7. The number of nitrogens with zero attached hydrogens (tertiary/aromatic N) is 1. The number of halogens is 1. The lowest BCUT2D eigenvalue weighted by Crippen LogP contribution is -2.41. The van der Waals surface area contributed by atoms with Crippen LogP contribution in [-0.2, 0) is 10.4 Å². The number of rotatable bonds is 7. The molecule has 2 aromatic rings. The quantitative estimate of drug-likeness (QED) is 0.673. The molecule has 1 aromatic heterocycles. The second kappa shape index (κ2) is 8.24. The van der Waals surface area contributed by atoms with Crippen LogP contribution in [0.1, 0.15) is 25.8 Å². The van der Waals surface area contributed by atoms with Crippen molar-refractivity contribution in [2.24, 2.45) is 0 Å². The Labute approximate surface area is 147 Å². The van der Waals surface area contributed by atoms with Gasteiger partial charge in [-0.1, -0.05) is 41.9 Å². The summed E-state index contributed by atoms with van der Waals surface area (Å²) in [5, 5.41) is 16.7. The molecule has 0 saturated carbocycles. The topological polar surface area (TPSA) is 74.2 Å². The molecular formula is C18H22ClN3O2. The van der Waals surface area contributed by atoms with E-state index < -0.39 is 5.60 Å². The number of hydrogen-bond donors (Lipinski definition) is 3. The van der Waals surface area contributed by atoms with E-state index in [1.165, 1.54) is 0 Å². The summed E-state index contributed by atoms with van der Waals surface area (Å²) >= 11 is 5.92. The van der Waals surface area contributed by atoms with Crippen LogP contribution in [0.25, 0.3) is 0 Å². The lowest BCUT2D eigenvalue weighted by molar-refractivity contribution is -0.116. The molecule has 3 N–H and O–H groups in total. The fourth-order valence-corrected chi connectivity index (χ4v) is 2.47. The number of aliphatic hydroxyl groups is 1. The Balaban J connectivity index is 1.84. The zero-order chi connectivity index (χ0) is 17.6. The Morgan fingerprint density at radius 2 is 2.00 bits per heavy atom. The van der Waals surface area contributed by atoms with Gasteiger partial charge in [0.15, 0.2) is 5.15 Å². The monoisotopic (exact) mass is 347 g/mol. The van der Waals surface area contributed by atoms with E-state index >= 15 is 0 Å². The minimum atomic E-state index is -1.00. The standard InChI is InChI=1S/C18H22ClN3O2/c1-13(11-16(23)22-15-9-6-10-20-17(15)19)21-12-18(2,24)14-7-4-3-5-8-14/h3-10,13,21,24H,11-12H2,1-2H3,(H,22,23). The first kappa shape index (κ1) is 18.4. The SMILES string of the molecule is CC(CC(=O)Nc1cccnc1Cl)NCC(C)(O)c1ccccc1. The molecule has 1 amide bonds. The Morgan fingerprint density at radius 1 is 1.29 bits per heavy atom. The van der Waals surface area contributed by atoms with Crippen LogP contribution >= 0.6 is 11.6 Å². The van der Waals surface area contributed by atoms with Gasteiger partial charge in [-0.05, 0) is 31.5 Å². The molecule has 6 heteroatoms. The molecule has 0 aliphatic heterocycles. The normalized spacial score (nSPS) is 14.7. The molecule has 0 aliphatic rings. The van der Waals surface area contributed by atoms with Crippen LogP contribution in [0.2, 0.25) is 5.15 Å². The zero-order valence-electron chi connectivity index (χ0n) is 13.8. The maximum Gasteiger partial charge on any atom is 0.226 e. The third kappa shape index (κ3) is 5.30. The van der Waals surface area contributed by atoms with Gasteiger partial charge in [0.05, 0.1) is 11.3 Å². The van der Waals surface area contributed by atoms with Crippen molar-refractivity contribution in [1.29, 1.82) is 0 Å². The number of aromatic nitrogens is 1. The number of benzene rings is 1. The third-order valence-electron chi connectivity index (χ3n) is 3.72. The van der Waals surface area contributed by atoms with Crippen molar-refractivity contribution in [3.8, 4) is 0 Å². The molecule has 24 heavy (non-hydrogen) atoms. The third-order valence-corrected chi connectivity index (χ3v) is 4.02. The molecule has 0 spiro atoms. The van der Waals surface area contributed by atoms with Gasteiger partial charge < -0.3 is 15.7 Å². The van der Waals surface area contributed by atoms with Crippen molar-refractivity contribution < 1.29 is 9.90 Å². The molecule has 1 heterocycles. The number of anilines is 1. The van der Waals surface area contributed by atoms with Crippen LogP contribution < -0.4 is 10.6 Å². The first-order chi connectivity index (χ1) is 11.4. The van der Waals surface area contributed by atoms with Crippen LogP contribution in [0.3, 0.4) is 0 Å². The van der Waals surface area contributed by atoms with Crippen LogP contribution in [0.4, 0.5) is 5.69 Å². The summed E-state index contributed by atoms with van der Waals surface area (Å²) in [7, 11) is 0. The summed E-state index contributed by atoms with van der Waals surface area (Å²) in [6.45, 7) is 3.99. The molecular weight excluding hydrogens is 326 g/mol. The molecule has 0 aliphatic carbocycles. The summed E-state index contributed by atoms with van der Waals surface area (Å²) in [4.78, 5) is 16.0. The number of carbonyl (C=O) groups is 1. The summed E-state index contributed by atoms with van der Waals surface area (Å²) in [5.41, 5.74) is 0.322. The summed E-state index contributed by atoms with van der Waals surface area (Å²) < 4.78 is 0. The minimum Gasteiger partial charge on any atom is -0.384 e. The molecule has 5 nitrogen and oxygen atoms in total. The maximum absolute atomic E-state index is 12.1. The first-order valence-electron chi connectivity index (χ1n) is 7.80. The molecule has 0 bridgehead atoms. The zero-order valence-corrected chi connectivity index (χ0v) is 14.5. The summed E-state index contributed by atoms with van der Waals surface area (Å²) in [5.74, 6) is -0.163. The van der Waals surface area contributed by atoms with Gasteiger partial charge in [-0.2, -0.15) is 0 Å².